The Labute approximate surface area is 172 Å². The first-order valence-corrected chi connectivity index (χ1v) is 10.6. The lowest BCUT2D eigenvalue weighted by Crippen LogP contribution is -2.41. The van der Waals surface area contributed by atoms with Crippen LogP contribution in [-0.4, -0.2) is 67.3 Å². The lowest BCUT2D eigenvalue weighted by atomic mass is 9.82. The Balaban J connectivity index is 1.53. The highest BCUT2D eigenvalue weighted by atomic mass is 16.2. The van der Waals surface area contributed by atoms with Crippen LogP contribution < -0.4 is 10.6 Å². The molecule has 0 bridgehead atoms. The average molecular weight is 394 g/mol. The molecule has 1 aromatic rings. The molecule has 0 N–H and O–H groups in total. The molecule has 154 valence electrons. The van der Waals surface area contributed by atoms with Crippen molar-refractivity contribution in [2.75, 3.05) is 39.8 Å². The summed E-state index contributed by atoms with van der Waals surface area (Å²) in [5.41, 5.74) is 1.25. The SMILES string of the molecule is C=NN1CCC2(CCN(C(=O)N(C)CC)C2)/C1=C/CC1C=c2ccccc2=NC1. The third-order valence-electron chi connectivity index (χ3n) is 6.68. The summed E-state index contributed by atoms with van der Waals surface area (Å²) in [6, 6.07) is 8.45. The molecule has 2 amide bonds. The van der Waals surface area contributed by atoms with Crippen molar-refractivity contribution >= 4 is 18.8 Å². The smallest absolute Gasteiger partial charge is 0.319 e. The van der Waals surface area contributed by atoms with Crippen molar-refractivity contribution in [3.63, 3.8) is 0 Å². The third kappa shape index (κ3) is 3.68. The lowest BCUT2D eigenvalue weighted by molar-refractivity contribution is 0.170. The van der Waals surface area contributed by atoms with E-state index in [1.54, 1.807) is 4.90 Å². The van der Waals surface area contributed by atoms with Gasteiger partial charge in [-0.25, -0.2) is 4.79 Å². The van der Waals surface area contributed by atoms with Gasteiger partial charge in [0.1, 0.15) is 0 Å². The maximum Gasteiger partial charge on any atom is 0.319 e. The molecular weight excluding hydrogens is 362 g/mol. The van der Waals surface area contributed by atoms with Crippen LogP contribution >= 0.6 is 0 Å². The van der Waals surface area contributed by atoms with E-state index >= 15 is 0 Å². The van der Waals surface area contributed by atoms with Crippen molar-refractivity contribution in [3.8, 4) is 0 Å². The number of para-hydroxylation sites is 1. The van der Waals surface area contributed by atoms with E-state index in [0.29, 0.717) is 5.92 Å². The van der Waals surface area contributed by atoms with E-state index in [4.69, 9.17) is 4.99 Å². The number of amides is 2. The van der Waals surface area contributed by atoms with Gasteiger partial charge in [0.2, 0.25) is 0 Å². The number of hydrazone groups is 1. The zero-order valence-corrected chi connectivity index (χ0v) is 17.5. The molecule has 6 heteroatoms. The zero-order valence-electron chi connectivity index (χ0n) is 17.5. The monoisotopic (exact) mass is 393 g/mol. The van der Waals surface area contributed by atoms with Crippen molar-refractivity contribution < 1.29 is 4.79 Å². The number of allylic oxidation sites excluding steroid dienone is 1. The van der Waals surface area contributed by atoms with Crippen LogP contribution in [0.2, 0.25) is 0 Å². The molecule has 0 aliphatic carbocycles. The van der Waals surface area contributed by atoms with Crippen LogP contribution in [0.15, 0.2) is 46.1 Å². The number of carbonyl (C=O) groups excluding carboxylic acids is 1. The number of benzene rings is 1. The molecule has 0 aromatic heterocycles. The summed E-state index contributed by atoms with van der Waals surface area (Å²) < 4.78 is 0. The van der Waals surface area contributed by atoms with E-state index in [2.05, 4.69) is 42.2 Å². The van der Waals surface area contributed by atoms with Crippen molar-refractivity contribution in [2.24, 2.45) is 21.4 Å². The fraction of sp³-hybridized carbons (Fsp3) is 0.522. The minimum Gasteiger partial charge on any atom is -0.328 e. The van der Waals surface area contributed by atoms with Crippen LogP contribution in [0, 0.1) is 11.3 Å². The van der Waals surface area contributed by atoms with Gasteiger partial charge in [-0.1, -0.05) is 30.4 Å². The largest absolute Gasteiger partial charge is 0.328 e. The van der Waals surface area contributed by atoms with Gasteiger partial charge in [-0.3, -0.25) is 10.0 Å². The number of likely N-dealkylation sites (tertiary alicyclic amines) is 1. The van der Waals surface area contributed by atoms with Crippen molar-refractivity contribution in [2.45, 2.75) is 26.2 Å². The van der Waals surface area contributed by atoms with E-state index in [-0.39, 0.29) is 11.4 Å². The molecule has 2 saturated heterocycles. The van der Waals surface area contributed by atoms with Crippen molar-refractivity contribution in [3.05, 3.63) is 46.6 Å². The summed E-state index contributed by atoms with van der Waals surface area (Å²) in [7, 11) is 1.87. The molecule has 2 fully saturated rings. The predicted octanol–water partition coefficient (Wildman–Crippen LogP) is 2.08. The Hall–Kier alpha value is -2.63. The number of fused-ring (bicyclic) bond motifs is 1. The average Bonchev–Trinajstić information content (AvgIpc) is 3.34. The fourth-order valence-corrected chi connectivity index (χ4v) is 4.84. The van der Waals surface area contributed by atoms with Crippen LogP contribution in [0.5, 0.6) is 0 Å². The van der Waals surface area contributed by atoms with E-state index in [9.17, 15) is 4.79 Å². The van der Waals surface area contributed by atoms with Crippen LogP contribution in [0.4, 0.5) is 4.79 Å². The highest BCUT2D eigenvalue weighted by Gasteiger charge is 2.48. The molecule has 0 radical (unpaired) electrons. The summed E-state index contributed by atoms with van der Waals surface area (Å²) in [6.45, 7) is 9.81. The van der Waals surface area contributed by atoms with E-state index < -0.39 is 0 Å². The molecular formula is C23H31N5O. The maximum atomic E-state index is 12.7. The lowest BCUT2D eigenvalue weighted by Gasteiger charge is -2.29. The normalized spacial score (nSPS) is 27.0. The number of urea groups is 1. The van der Waals surface area contributed by atoms with Gasteiger partial charge in [0.25, 0.3) is 0 Å². The van der Waals surface area contributed by atoms with Crippen LogP contribution in [0.25, 0.3) is 6.08 Å². The molecule has 1 spiro atoms. The molecule has 3 aliphatic rings. The van der Waals surface area contributed by atoms with Crippen LogP contribution in [0.3, 0.4) is 0 Å². The second kappa shape index (κ2) is 8.01. The first-order chi connectivity index (χ1) is 14.1. The first-order valence-electron chi connectivity index (χ1n) is 10.6. The molecule has 3 heterocycles. The van der Waals surface area contributed by atoms with Crippen LogP contribution in [-0.2, 0) is 0 Å². The molecule has 0 saturated carbocycles. The van der Waals surface area contributed by atoms with Gasteiger partial charge in [-0.2, -0.15) is 5.10 Å². The first kappa shape index (κ1) is 19.7. The Morgan fingerprint density at radius 2 is 2.17 bits per heavy atom. The highest BCUT2D eigenvalue weighted by Crippen LogP contribution is 2.48. The molecule has 29 heavy (non-hydrogen) atoms. The van der Waals surface area contributed by atoms with Gasteiger partial charge in [0.15, 0.2) is 0 Å². The van der Waals surface area contributed by atoms with Gasteiger partial charge in [0.05, 0.1) is 5.36 Å². The number of nitrogens with zero attached hydrogens (tertiary/aromatic N) is 5. The number of hydrogen-bond donors (Lipinski definition) is 0. The fourth-order valence-electron chi connectivity index (χ4n) is 4.84. The minimum atomic E-state index is 0.00908. The third-order valence-corrected chi connectivity index (χ3v) is 6.68. The maximum absolute atomic E-state index is 12.7. The Morgan fingerprint density at radius 1 is 1.38 bits per heavy atom. The van der Waals surface area contributed by atoms with E-state index in [1.165, 1.54) is 10.9 Å². The minimum absolute atomic E-state index is 0.00908. The summed E-state index contributed by atoms with van der Waals surface area (Å²) in [6.07, 6.45) is 7.63. The van der Waals surface area contributed by atoms with Gasteiger partial charge in [0, 0.05) is 63.5 Å². The van der Waals surface area contributed by atoms with E-state index in [0.717, 1.165) is 57.3 Å². The standard InChI is InChI=1S/C23H31N5O/c1-4-26(3)22(29)27-13-11-23(17-27)12-14-28(24-2)21(23)10-9-18-15-19-7-5-6-8-20(19)25-16-18/h5-8,10,15,18H,2,4,9,11-14,16-17H2,1,3H3/b21-10-. The second-order valence-corrected chi connectivity index (χ2v) is 8.41. The van der Waals surface area contributed by atoms with Crippen molar-refractivity contribution in [1.29, 1.82) is 0 Å². The van der Waals surface area contributed by atoms with E-state index in [1.807, 2.05) is 29.9 Å². The zero-order chi connectivity index (χ0) is 20.4. The molecule has 2 atom stereocenters. The molecule has 3 aliphatic heterocycles. The molecule has 1 aromatic carbocycles. The second-order valence-electron chi connectivity index (χ2n) is 8.41. The molecule has 6 nitrogen and oxygen atoms in total. The van der Waals surface area contributed by atoms with Gasteiger partial charge >= 0.3 is 6.03 Å². The number of carbonyl (C=O) groups is 1. The number of hydrogen-bond acceptors (Lipinski definition) is 4. The van der Waals surface area contributed by atoms with Crippen molar-refractivity contribution in [1.82, 2.24) is 14.8 Å². The highest BCUT2D eigenvalue weighted by molar-refractivity contribution is 5.74. The quantitative estimate of drug-likeness (QED) is 0.736. The number of rotatable bonds is 4. The molecule has 2 unspecified atom stereocenters. The Morgan fingerprint density at radius 3 is 2.97 bits per heavy atom. The summed E-state index contributed by atoms with van der Waals surface area (Å²) in [5, 5.41) is 8.64. The van der Waals surface area contributed by atoms with Gasteiger partial charge in [-0.05, 0) is 37.5 Å². The molecule has 4 rings (SSSR count). The van der Waals surface area contributed by atoms with Crippen LogP contribution in [0.1, 0.15) is 26.2 Å². The summed E-state index contributed by atoms with van der Waals surface area (Å²) in [5.74, 6) is 0.395. The summed E-state index contributed by atoms with van der Waals surface area (Å²) in [4.78, 5) is 21.2. The predicted molar refractivity (Wildman–Crippen MR) is 116 cm³/mol. The Kier molecular flexibility index (Phi) is 5.43. The summed E-state index contributed by atoms with van der Waals surface area (Å²) >= 11 is 0. The topological polar surface area (TPSA) is 51.5 Å². The Bertz CT molecular complexity index is 939. The van der Waals surface area contributed by atoms with Gasteiger partial charge < -0.3 is 9.80 Å². The van der Waals surface area contributed by atoms with Gasteiger partial charge in [-0.15, -0.1) is 0 Å².